The van der Waals surface area contributed by atoms with Crippen molar-refractivity contribution in [2.45, 2.75) is 38.5 Å². The van der Waals surface area contributed by atoms with Gasteiger partial charge >= 0.3 is 0 Å². The quantitative estimate of drug-likeness (QED) is 0.747. The van der Waals surface area contributed by atoms with Gasteiger partial charge in [0.1, 0.15) is 17.5 Å². The molecule has 0 aliphatic carbocycles. The molecule has 0 saturated carbocycles. The molecule has 0 aromatic heterocycles. The summed E-state index contributed by atoms with van der Waals surface area (Å²) < 4.78 is 5.87. The van der Waals surface area contributed by atoms with Crippen LogP contribution in [-0.2, 0) is 0 Å². The normalized spacial score (nSPS) is 20.4. The van der Waals surface area contributed by atoms with Gasteiger partial charge in [0, 0.05) is 26.7 Å². The number of ether oxygens (including phenoxy) is 1. The molecule has 142 valence electrons. The summed E-state index contributed by atoms with van der Waals surface area (Å²) in [5, 5.41) is 14.3. The fraction of sp³-hybridized carbons (Fsp3) is 0.300. The van der Waals surface area contributed by atoms with E-state index in [9.17, 15) is 14.7 Å². The average molecular weight is 408 g/mol. The molecule has 0 unspecified atom stereocenters. The van der Waals surface area contributed by atoms with Crippen LogP contribution in [0.4, 0.5) is 0 Å². The maximum absolute atomic E-state index is 12.8. The Kier molecular flexibility index (Phi) is 5.21. The molecule has 0 fully saturated rings. The first-order valence-electron chi connectivity index (χ1n) is 8.37. The van der Waals surface area contributed by atoms with E-state index < -0.39 is 23.7 Å². The average Bonchev–Trinajstić information content (AvgIpc) is 2.57. The fourth-order valence-electron chi connectivity index (χ4n) is 3.08. The van der Waals surface area contributed by atoms with Crippen molar-refractivity contribution in [2.24, 2.45) is 0 Å². The summed E-state index contributed by atoms with van der Waals surface area (Å²) in [7, 11) is 0. The largest absolute Gasteiger partial charge is 0.485 e. The van der Waals surface area contributed by atoms with Gasteiger partial charge in [-0.3, -0.25) is 9.59 Å². The Labute approximate surface area is 167 Å². The summed E-state index contributed by atoms with van der Waals surface area (Å²) >= 11 is 12.0. The van der Waals surface area contributed by atoms with Gasteiger partial charge in [0.25, 0.3) is 5.91 Å². The second kappa shape index (κ2) is 7.15. The number of rotatable bonds is 3. The fourth-order valence-corrected chi connectivity index (χ4v) is 3.61. The van der Waals surface area contributed by atoms with E-state index in [0.717, 1.165) is 0 Å². The predicted molar refractivity (Wildman–Crippen MR) is 104 cm³/mol. The van der Waals surface area contributed by atoms with Crippen LogP contribution in [-0.4, -0.2) is 28.5 Å². The Morgan fingerprint density at radius 3 is 2.30 bits per heavy atom. The van der Waals surface area contributed by atoms with Gasteiger partial charge in [0.2, 0.25) is 0 Å². The lowest BCUT2D eigenvalue weighted by Crippen LogP contribution is -2.53. The van der Waals surface area contributed by atoms with Crippen molar-refractivity contribution in [3.8, 4) is 5.75 Å². The van der Waals surface area contributed by atoms with Crippen molar-refractivity contribution in [3.05, 3.63) is 63.1 Å². The van der Waals surface area contributed by atoms with Crippen LogP contribution >= 0.6 is 23.2 Å². The highest BCUT2D eigenvalue weighted by Gasteiger charge is 2.43. The number of ketones is 1. The van der Waals surface area contributed by atoms with Gasteiger partial charge in [-0.1, -0.05) is 23.2 Å². The first kappa shape index (κ1) is 19.7. The minimum atomic E-state index is -1.04. The van der Waals surface area contributed by atoms with Gasteiger partial charge < -0.3 is 15.2 Å². The van der Waals surface area contributed by atoms with Crippen LogP contribution in [0, 0.1) is 0 Å². The third kappa shape index (κ3) is 3.95. The van der Waals surface area contributed by atoms with Gasteiger partial charge in [-0.25, -0.2) is 0 Å². The van der Waals surface area contributed by atoms with Gasteiger partial charge in [0.05, 0.1) is 6.04 Å². The van der Waals surface area contributed by atoms with Crippen LogP contribution in [0.25, 0.3) is 0 Å². The maximum Gasteiger partial charge on any atom is 0.251 e. The number of carbonyl (C=O) groups excluding carboxylic acids is 2. The van der Waals surface area contributed by atoms with E-state index in [2.05, 4.69) is 5.32 Å². The molecule has 0 saturated heterocycles. The van der Waals surface area contributed by atoms with Crippen molar-refractivity contribution in [1.82, 2.24) is 5.32 Å². The molecule has 2 aromatic rings. The Hall–Kier alpha value is -2.08. The van der Waals surface area contributed by atoms with Crippen LogP contribution < -0.4 is 10.1 Å². The zero-order valence-corrected chi connectivity index (χ0v) is 16.6. The van der Waals surface area contributed by atoms with Crippen molar-refractivity contribution < 1.29 is 19.4 Å². The van der Waals surface area contributed by atoms with E-state index in [4.69, 9.17) is 27.9 Å². The molecule has 0 radical (unpaired) electrons. The van der Waals surface area contributed by atoms with Crippen molar-refractivity contribution in [3.63, 3.8) is 0 Å². The molecule has 2 aromatic carbocycles. The monoisotopic (exact) mass is 407 g/mol. The number of carbonyl (C=O) groups is 2. The van der Waals surface area contributed by atoms with Gasteiger partial charge in [-0.2, -0.15) is 0 Å². The Balaban J connectivity index is 2.01. The molecule has 7 heteroatoms. The summed E-state index contributed by atoms with van der Waals surface area (Å²) in [4.78, 5) is 24.5. The van der Waals surface area contributed by atoms with Gasteiger partial charge in [-0.15, -0.1) is 0 Å². The molecule has 0 spiro atoms. The lowest BCUT2D eigenvalue weighted by molar-refractivity contribution is -0.0627. The van der Waals surface area contributed by atoms with Crippen molar-refractivity contribution >= 4 is 34.9 Å². The first-order chi connectivity index (χ1) is 12.6. The number of benzene rings is 2. The topological polar surface area (TPSA) is 75.6 Å². The SMILES string of the molecule is CC(=O)c1ccc2c(c1)[C@H](NC(=O)c1cc(Cl)cc(Cl)c1)[C@@H](O)C(C)(C)O2. The van der Waals surface area contributed by atoms with Crippen molar-refractivity contribution in [2.75, 3.05) is 0 Å². The number of nitrogens with one attached hydrogen (secondary N) is 1. The number of hydrogen-bond donors (Lipinski definition) is 2. The van der Waals surface area contributed by atoms with E-state index in [1.54, 1.807) is 32.0 Å². The van der Waals surface area contributed by atoms with E-state index in [1.807, 2.05) is 0 Å². The Bertz CT molecular complexity index is 906. The van der Waals surface area contributed by atoms with E-state index in [-0.39, 0.29) is 11.3 Å². The number of aliphatic hydroxyl groups is 1. The molecule has 5 nitrogen and oxygen atoms in total. The van der Waals surface area contributed by atoms with Gasteiger partial charge in [0.15, 0.2) is 5.78 Å². The second-order valence-electron chi connectivity index (χ2n) is 7.07. The molecule has 2 atom stereocenters. The van der Waals surface area contributed by atoms with Gasteiger partial charge in [-0.05, 0) is 57.2 Å². The summed E-state index contributed by atoms with van der Waals surface area (Å²) in [6.45, 7) is 4.91. The number of aliphatic hydroxyl groups excluding tert-OH is 1. The Morgan fingerprint density at radius 2 is 1.70 bits per heavy atom. The molecule has 0 bridgehead atoms. The highest BCUT2D eigenvalue weighted by Crippen LogP contribution is 2.40. The number of Topliss-reactive ketones (excluding diaryl/α,β-unsaturated/α-hetero) is 1. The van der Waals surface area contributed by atoms with Crippen LogP contribution in [0.5, 0.6) is 5.75 Å². The van der Waals surface area contributed by atoms with Crippen molar-refractivity contribution in [1.29, 1.82) is 0 Å². The molecular formula is C20H19Cl2NO4. The minimum Gasteiger partial charge on any atom is -0.485 e. The minimum absolute atomic E-state index is 0.121. The summed E-state index contributed by atoms with van der Waals surface area (Å²) in [6.07, 6.45) is -1.04. The lowest BCUT2D eigenvalue weighted by atomic mass is 9.85. The number of amides is 1. The van der Waals surface area contributed by atoms with E-state index >= 15 is 0 Å². The molecule has 1 aliphatic heterocycles. The van der Waals surface area contributed by atoms with Crippen LogP contribution in [0.3, 0.4) is 0 Å². The first-order valence-corrected chi connectivity index (χ1v) is 9.13. The highest BCUT2D eigenvalue weighted by molar-refractivity contribution is 6.35. The highest BCUT2D eigenvalue weighted by atomic mass is 35.5. The van der Waals surface area contributed by atoms with E-state index in [1.165, 1.54) is 25.1 Å². The zero-order chi connectivity index (χ0) is 19.9. The molecule has 27 heavy (non-hydrogen) atoms. The summed E-state index contributed by atoms with van der Waals surface area (Å²) in [6, 6.07) is 8.71. The molecule has 3 rings (SSSR count). The lowest BCUT2D eigenvalue weighted by Gasteiger charge is -2.42. The molecule has 1 heterocycles. The van der Waals surface area contributed by atoms with Crippen LogP contribution in [0.1, 0.15) is 53.1 Å². The maximum atomic E-state index is 12.8. The molecule has 1 amide bonds. The third-order valence-electron chi connectivity index (χ3n) is 4.56. The Morgan fingerprint density at radius 1 is 1.07 bits per heavy atom. The second-order valence-corrected chi connectivity index (χ2v) is 7.94. The molecule has 2 N–H and O–H groups in total. The predicted octanol–water partition coefficient (Wildman–Crippen LogP) is 4.20. The smallest absolute Gasteiger partial charge is 0.251 e. The standard InChI is InChI=1S/C20H19Cl2NO4/c1-10(24)11-4-5-16-15(8-11)17(18(25)20(2,3)27-16)23-19(26)12-6-13(21)9-14(22)7-12/h4-9,17-18,25H,1-3H3,(H,23,26)/t17-,18+/m0/s1. The summed E-state index contributed by atoms with van der Waals surface area (Å²) in [5.41, 5.74) is 0.341. The number of halogens is 2. The molecular weight excluding hydrogens is 389 g/mol. The number of hydrogen-bond acceptors (Lipinski definition) is 4. The van der Waals surface area contributed by atoms with Crippen LogP contribution in [0.15, 0.2) is 36.4 Å². The number of fused-ring (bicyclic) bond motifs is 1. The zero-order valence-electron chi connectivity index (χ0n) is 15.0. The third-order valence-corrected chi connectivity index (χ3v) is 5.00. The molecule has 1 aliphatic rings. The van der Waals surface area contributed by atoms with E-state index in [0.29, 0.717) is 26.9 Å². The van der Waals surface area contributed by atoms with Crippen LogP contribution in [0.2, 0.25) is 10.0 Å². The summed E-state index contributed by atoms with van der Waals surface area (Å²) in [5.74, 6) is -0.0612.